The Balaban J connectivity index is 1.74. The Labute approximate surface area is 161 Å². The first-order valence-electron chi connectivity index (χ1n) is 9.38. The quantitative estimate of drug-likeness (QED) is 0.720. The number of halogens is 1. The number of para-hydroxylation sites is 1. The molecule has 0 spiro atoms. The summed E-state index contributed by atoms with van der Waals surface area (Å²) in [6, 6.07) is 13.5. The van der Waals surface area contributed by atoms with Gasteiger partial charge in [0.25, 0.3) is 0 Å². The molecule has 3 aromatic rings. The van der Waals surface area contributed by atoms with Gasteiger partial charge in [-0.2, -0.15) is 4.98 Å². The molecule has 1 aromatic heterocycles. The van der Waals surface area contributed by atoms with Crippen LogP contribution in [0.1, 0.15) is 37.2 Å². The first-order valence-corrected chi connectivity index (χ1v) is 9.76. The smallest absolute Gasteiger partial charge is 0.354 e. The second-order valence-corrected chi connectivity index (χ2v) is 7.88. The molecule has 138 valence electrons. The fourth-order valence-electron chi connectivity index (χ4n) is 3.72. The molecule has 6 heteroatoms. The molecule has 0 saturated heterocycles. The van der Waals surface area contributed by atoms with E-state index in [0.29, 0.717) is 22.4 Å². The lowest BCUT2D eigenvalue weighted by atomic mass is 9.89. The molecule has 2 N–H and O–H groups in total. The Kier molecular flexibility index (Phi) is 3.95. The average Bonchev–Trinajstić information content (AvgIpc) is 3.50. The molecule has 2 saturated carbocycles. The monoisotopic (exact) mass is 381 g/mol. The topological polar surface area (TPSA) is 67.2 Å². The molecule has 0 aliphatic heterocycles. The van der Waals surface area contributed by atoms with Gasteiger partial charge in [0.2, 0.25) is 0 Å². The van der Waals surface area contributed by atoms with Crippen molar-refractivity contribution in [1.29, 1.82) is 0 Å². The standard InChI is InChI=1S/C21H20ClN3O2/c22-15-3-1-2-4-17(15)25-18-11-13(12-5-6-12)7-8-14(18)20(24-21(25)27)23-16-9-10-19(16)26/h1-4,7-8,11-12,16,19,26H,5-6,9-10H2,(H,23,24,27)/t16-,19-/m1/s1. The molecule has 2 aromatic carbocycles. The third kappa shape index (κ3) is 2.91. The van der Waals surface area contributed by atoms with Gasteiger partial charge in [0, 0.05) is 5.39 Å². The van der Waals surface area contributed by atoms with E-state index in [0.717, 1.165) is 23.7 Å². The Morgan fingerprint density at radius 2 is 1.93 bits per heavy atom. The van der Waals surface area contributed by atoms with E-state index in [9.17, 15) is 9.90 Å². The van der Waals surface area contributed by atoms with Crippen molar-refractivity contribution in [1.82, 2.24) is 9.55 Å². The molecule has 5 nitrogen and oxygen atoms in total. The molecule has 0 radical (unpaired) electrons. The van der Waals surface area contributed by atoms with Crippen LogP contribution in [0.25, 0.3) is 16.6 Å². The van der Waals surface area contributed by atoms with Gasteiger partial charge in [-0.1, -0.05) is 29.8 Å². The number of aliphatic hydroxyl groups excluding tert-OH is 1. The summed E-state index contributed by atoms with van der Waals surface area (Å²) in [6.45, 7) is 0. The highest BCUT2D eigenvalue weighted by molar-refractivity contribution is 6.32. The van der Waals surface area contributed by atoms with Crippen LogP contribution >= 0.6 is 11.6 Å². The molecule has 27 heavy (non-hydrogen) atoms. The highest BCUT2D eigenvalue weighted by atomic mass is 35.5. The molecular formula is C21H20ClN3O2. The van der Waals surface area contributed by atoms with E-state index in [1.54, 1.807) is 10.6 Å². The summed E-state index contributed by atoms with van der Waals surface area (Å²) in [6.07, 6.45) is 3.63. The lowest BCUT2D eigenvalue weighted by molar-refractivity contribution is 0.0785. The molecule has 2 fully saturated rings. The maximum atomic E-state index is 13.0. The molecule has 5 rings (SSSR count). The third-order valence-electron chi connectivity index (χ3n) is 5.62. The van der Waals surface area contributed by atoms with E-state index in [1.807, 2.05) is 24.3 Å². The van der Waals surface area contributed by atoms with E-state index < -0.39 is 6.10 Å². The van der Waals surface area contributed by atoms with Crippen LogP contribution in [0.15, 0.2) is 47.3 Å². The van der Waals surface area contributed by atoms with Crippen molar-refractivity contribution in [3.63, 3.8) is 0 Å². The van der Waals surface area contributed by atoms with Crippen LogP contribution in [0.5, 0.6) is 0 Å². The Morgan fingerprint density at radius 3 is 2.59 bits per heavy atom. The zero-order chi connectivity index (χ0) is 18.5. The van der Waals surface area contributed by atoms with Crippen molar-refractivity contribution in [2.45, 2.75) is 43.7 Å². The second kappa shape index (κ2) is 6.36. The van der Waals surface area contributed by atoms with Gasteiger partial charge in [-0.25, -0.2) is 4.79 Å². The number of benzene rings is 2. The third-order valence-corrected chi connectivity index (χ3v) is 5.94. The van der Waals surface area contributed by atoms with Crippen molar-refractivity contribution in [3.8, 4) is 5.69 Å². The van der Waals surface area contributed by atoms with Gasteiger partial charge in [0.1, 0.15) is 5.82 Å². The SMILES string of the molecule is O=c1nc(N[C@@H]2CC[C@H]2O)c2ccc(C3CC3)cc2n1-c1ccccc1Cl. The van der Waals surface area contributed by atoms with Crippen LogP contribution in [0.3, 0.4) is 0 Å². The number of hydrogen-bond acceptors (Lipinski definition) is 4. The van der Waals surface area contributed by atoms with Gasteiger partial charge in [-0.3, -0.25) is 4.57 Å². The van der Waals surface area contributed by atoms with E-state index in [2.05, 4.69) is 22.4 Å². The number of nitrogens with one attached hydrogen (secondary N) is 1. The normalized spacial score (nSPS) is 21.9. The summed E-state index contributed by atoms with van der Waals surface area (Å²) in [4.78, 5) is 17.3. The zero-order valence-electron chi connectivity index (χ0n) is 14.7. The molecule has 1 heterocycles. The molecule has 2 aliphatic carbocycles. The minimum atomic E-state index is -0.390. The van der Waals surface area contributed by atoms with E-state index in [1.165, 1.54) is 18.4 Å². The number of aromatic nitrogens is 2. The van der Waals surface area contributed by atoms with Crippen LogP contribution in [-0.4, -0.2) is 26.8 Å². The highest BCUT2D eigenvalue weighted by Crippen LogP contribution is 2.41. The number of fused-ring (bicyclic) bond motifs is 1. The van der Waals surface area contributed by atoms with Crippen LogP contribution in [0.2, 0.25) is 5.02 Å². The van der Waals surface area contributed by atoms with Gasteiger partial charge in [0.15, 0.2) is 0 Å². The van der Waals surface area contributed by atoms with Crippen molar-refractivity contribution < 1.29 is 5.11 Å². The predicted octanol–water partition coefficient (Wildman–Crippen LogP) is 3.85. The van der Waals surface area contributed by atoms with E-state index in [-0.39, 0.29) is 11.7 Å². The van der Waals surface area contributed by atoms with Crippen LogP contribution in [-0.2, 0) is 0 Å². The minimum absolute atomic E-state index is 0.0561. The molecule has 0 bridgehead atoms. The van der Waals surface area contributed by atoms with E-state index >= 15 is 0 Å². The fraction of sp³-hybridized carbons (Fsp3) is 0.333. The van der Waals surface area contributed by atoms with Crippen molar-refractivity contribution in [2.75, 3.05) is 5.32 Å². The lowest BCUT2D eigenvalue weighted by Gasteiger charge is -2.33. The molecular weight excluding hydrogens is 362 g/mol. The summed E-state index contributed by atoms with van der Waals surface area (Å²) in [5, 5.41) is 14.5. The summed E-state index contributed by atoms with van der Waals surface area (Å²) in [7, 11) is 0. The number of nitrogens with zero attached hydrogens (tertiary/aromatic N) is 2. The van der Waals surface area contributed by atoms with Gasteiger partial charge < -0.3 is 10.4 Å². The second-order valence-electron chi connectivity index (χ2n) is 7.48. The minimum Gasteiger partial charge on any atom is -0.391 e. The van der Waals surface area contributed by atoms with Crippen molar-refractivity contribution >= 4 is 28.3 Å². The number of aliphatic hydroxyl groups is 1. The Bertz CT molecular complexity index is 1090. The Hall–Kier alpha value is -2.37. The molecule has 2 atom stereocenters. The molecule has 0 unspecified atom stereocenters. The van der Waals surface area contributed by atoms with Crippen LogP contribution in [0, 0.1) is 0 Å². The number of hydrogen-bond donors (Lipinski definition) is 2. The summed E-state index contributed by atoms with van der Waals surface area (Å²) >= 11 is 6.38. The number of anilines is 1. The maximum Gasteiger partial charge on any atom is 0.354 e. The lowest BCUT2D eigenvalue weighted by Crippen LogP contribution is -2.43. The van der Waals surface area contributed by atoms with E-state index in [4.69, 9.17) is 11.6 Å². The first kappa shape index (κ1) is 16.8. The average molecular weight is 382 g/mol. The number of rotatable bonds is 4. The van der Waals surface area contributed by atoms with Gasteiger partial charge in [-0.15, -0.1) is 0 Å². The summed E-state index contributed by atoms with van der Waals surface area (Å²) in [5.74, 6) is 1.10. The summed E-state index contributed by atoms with van der Waals surface area (Å²) < 4.78 is 1.59. The summed E-state index contributed by atoms with van der Waals surface area (Å²) in [5.41, 5.74) is 2.29. The molecule has 0 amide bonds. The highest BCUT2D eigenvalue weighted by Gasteiger charge is 2.30. The largest absolute Gasteiger partial charge is 0.391 e. The maximum absolute atomic E-state index is 13.0. The van der Waals surface area contributed by atoms with Gasteiger partial charge in [-0.05, 0) is 61.4 Å². The fourth-order valence-corrected chi connectivity index (χ4v) is 3.94. The molecule has 2 aliphatic rings. The predicted molar refractivity (Wildman–Crippen MR) is 107 cm³/mol. The van der Waals surface area contributed by atoms with Gasteiger partial charge >= 0.3 is 5.69 Å². The van der Waals surface area contributed by atoms with Crippen LogP contribution in [0.4, 0.5) is 5.82 Å². The van der Waals surface area contributed by atoms with Crippen molar-refractivity contribution in [3.05, 3.63) is 63.5 Å². The zero-order valence-corrected chi connectivity index (χ0v) is 15.5. The van der Waals surface area contributed by atoms with Crippen LogP contribution < -0.4 is 11.0 Å². The Morgan fingerprint density at radius 1 is 1.11 bits per heavy atom. The van der Waals surface area contributed by atoms with Crippen molar-refractivity contribution in [2.24, 2.45) is 0 Å². The first-order chi connectivity index (χ1) is 13.1. The van der Waals surface area contributed by atoms with Gasteiger partial charge in [0.05, 0.1) is 28.4 Å².